The van der Waals surface area contributed by atoms with Crippen molar-refractivity contribution in [2.45, 2.75) is 64.8 Å². The molecule has 0 amide bonds. The molecule has 96 valence electrons. The van der Waals surface area contributed by atoms with Gasteiger partial charge in [0, 0.05) is 12.1 Å². The molecule has 0 aromatic rings. The Morgan fingerprint density at radius 3 is 2.25 bits per heavy atom. The molecule has 0 saturated carbocycles. The van der Waals surface area contributed by atoms with Gasteiger partial charge in [0.25, 0.3) is 0 Å². The van der Waals surface area contributed by atoms with Crippen molar-refractivity contribution in [3.05, 3.63) is 0 Å². The molecular formula is C14H30N2. The van der Waals surface area contributed by atoms with Crippen molar-refractivity contribution in [3.8, 4) is 0 Å². The first-order chi connectivity index (χ1) is 7.66. The van der Waals surface area contributed by atoms with Crippen molar-refractivity contribution in [3.63, 3.8) is 0 Å². The molecule has 0 radical (unpaired) electrons. The normalized spacial score (nSPS) is 23.2. The Balaban J connectivity index is 2.44. The molecule has 1 unspecified atom stereocenters. The first-order valence-corrected chi connectivity index (χ1v) is 7.11. The second-order valence-corrected chi connectivity index (χ2v) is 5.67. The maximum absolute atomic E-state index is 5.98. The first-order valence-electron chi connectivity index (χ1n) is 7.11. The molecule has 1 rings (SSSR count). The van der Waals surface area contributed by atoms with Crippen molar-refractivity contribution in [1.82, 2.24) is 4.90 Å². The number of likely N-dealkylation sites (tertiary alicyclic amines) is 1. The zero-order chi connectivity index (χ0) is 12.0. The summed E-state index contributed by atoms with van der Waals surface area (Å²) in [5, 5.41) is 0. The van der Waals surface area contributed by atoms with Gasteiger partial charge in [-0.15, -0.1) is 0 Å². The largest absolute Gasteiger partial charge is 0.329 e. The third kappa shape index (κ3) is 3.46. The van der Waals surface area contributed by atoms with Gasteiger partial charge in [-0.25, -0.2) is 0 Å². The van der Waals surface area contributed by atoms with Crippen molar-refractivity contribution >= 4 is 0 Å². The van der Waals surface area contributed by atoms with Crippen LogP contribution in [-0.4, -0.2) is 30.1 Å². The molecule has 0 bridgehead atoms. The molecule has 0 aliphatic carbocycles. The molecule has 1 fully saturated rings. The summed E-state index contributed by atoms with van der Waals surface area (Å²) in [5.74, 6) is 0.977. The van der Waals surface area contributed by atoms with Gasteiger partial charge in [-0.2, -0.15) is 0 Å². The molecular weight excluding hydrogens is 196 g/mol. The summed E-state index contributed by atoms with van der Waals surface area (Å²) in [6.45, 7) is 10.2. The van der Waals surface area contributed by atoms with Crippen molar-refractivity contribution in [1.29, 1.82) is 0 Å². The Morgan fingerprint density at radius 1 is 1.19 bits per heavy atom. The summed E-state index contributed by atoms with van der Waals surface area (Å²) < 4.78 is 0. The zero-order valence-corrected chi connectivity index (χ0v) is 11.5. The van der Waals surface area contributed by atoms with Gasteiger partial charge in [0.2, 0.25) is 0 Å². The lowest BCUT2D eigenvalue weighted by Crippen LogP contribution is -2.54. The van der Waals surface area contributed by atoms with Crippen LogP contribution in [0.4, 0.5) is 0 Å². The number of nitrogens with zero attached hydrogens (tertiary/aromatic N) is 1. The molecule has 2 N–H and O–H groups in total. The van der Waals surface area contributed by atoms with Gasteiger partial charge in [-0.1, -0.05) is 33.1 Å². The van der Waals surface area contributed by atoms with E-state index >= 15 is 0 Å². The minimum Gasteiger partial charge on any atom is -0.329 e. The summed E-state index contributed by atoms with van der Waals surface area (Å²) in [5.41, 5.74) is 6.23. The van der Waals surface area contributed by atoms with Gasteiger partial charge in [0.05, 0.1) is 0 Å². The van der Waals surface area contributed by atoms with Crippen LogP contribution in [0.25, 0.3) is 0 Å². The number of hydrogen-bond donors (Lipinski definition) is 1. The second kappa shape index (κ2) is 6.61. The molecule has 2 nitrogen and oxygen atoms in total. The Bertz CT molecular complexity index is 185. The molecule has 0 aromatic heterocycles. The van der Waals surface area contributed by atoms with E-state index in [2.05, 4.69) is 25.7 Å². The molecule has 0 spiro atoms. The van der Waals surface area contributed by atoms with Crippen LogP contribution in [0.5, 0.6) is 0 Å². The summed E-state index contributed by atoms with van der Waals surface area (Å²) >= 11 is 0. The zero-order valence-electron chi connectivity index (χ0n) is 11.5. The van der Waals surface area contributed by atoms with Crippen molar-refractivity contribution < 1.29 is 0 Å². The van der Waals surface area contributed by atoms with Crippen LogP contribution in [0, 0.1) is 5.92 Å². The van der Waals surface area contributed by atoms with E-state index in [0.717, 1.165) is 12.5 Å². The highest BCUT2D eigenvalue weighted by Gasteiger charge is 2.32. The number of nitrogens with two attached hydrogens (primary N) is 1. The fraction of sp³-hybridized carbons (Fsp3) is 1.00. The quantitative estimate of drug-likeness (QED) is 0.754. The average Bonchev–Trinajstić information content (AvgIpc) is 2.30. The predicted octanol–water partition coefficient (Wildman–Crippen LogP) is 3.02. The summed E-state index contributed by atoms with van der Waals surface area (Å²) in [4.78, 5) is 2.64. The fourth-order valence-corrected chi connectivity index (χ4v) is 3.10. The van der Waals surface area contributed by atoms with Crippen molar-refractivity contribution in [2.75, 3.05) is 19.6 Å². The van der Waals surface area contributed by atoms with Crippen LogP contribution in [0.3, 0.4) is 0 Å². The third-order valence-electron chi connectivity index (χ3n) is 4.30. The smallest absolute Gasteiger partial charge is 0.0303 e. The van der Waals surface area contributed by atoms with E-state index in [-0.39, 0.29) is 5.54 Å². The average molecular weight is 226 g/mol. The molecule has 1 saturated heterocycles. The van der Waals surface area contributed by atoms with Gasteiger partial charge in [0.1, 0.15) is 0 Å². The van der Waals surface area contributed by atoms with Crippen LogP contribution in [-0.2, 0) is 0 Å². The topological polar surface area (TPSA) is 29.3 Å². The lowest BCUT2D eigenvalue weighted by atomic mass is 9.87. The number of piperidine rings is 1. The Labute approximate surface area is 102 Å². The standard InChI is InChI=1S/C14H30N2/c1-4-6-13-7-10-16(11-8-13)14(3,12-15)9-5-2/h13H,4-12,15H2,1-3H3. The maximum atomic E-state index is 5.98. The van der Waals surface area contributed by atoms with Gasteiger partial charge < -0.3 is 5.73 Å². The second-order valence-electron chi connectivity index (χ2n) is 5.67. The van der Waals surface area contributed by atoms with Gasteiger partial charge in [-0.3, -0.25) is 4.90 Å². The molecule has 1 aliphatic rings. The van der Waals surface area contributed by atoms with Gasteiger partial charge in [0.15, 0.2) is 0 Å². The van der Waals surface area contributed by atoms with E-state index in [0.29, 0.717) is 0 Å². The predicted molar refractivity (Wildman–Crippen MR) is 71.6 cm³/mol. The van der Waals surface area contributed by atoms with E-state index in [1.165, 1.54) is 51.6 Å². The minimum atomic E-state index is 0.256. The molecule has 0 aromatic carbocycles. The molecule has 1 atom stereocenters. The van der Waals surface area contributed by atoms with Crippen LogP contribution >= 0.6 is 0 Å². The highest BCUT2D eigenvalue weighted by molar-refractivity contribution is 4.89. The monoisotopic (exact) mass is 226 g/mol. The minimum absolute atomic E-state index is 0.256. The first kappa shape index (κ1) is 14.0. The Kier molecular flexibility index (Phi) is 5.77. The molecule has 1 heterocycles. The van der Waals surface area contributed by atoms with E-state index in [4.69, 9.17) is 5.73 Å². The van der Waals surface area contributed by atoms with Crippen LogP contribution in [0.15, 0.2) is 0 Å². The summed E-state index contributed by atoms with van der Waals surface area (Å²) in [7, 11) is 0. The maximum Gasteiger partial charge on any atom is 0.0303 e. The highest BCUT2D eigenvalue weighted by atomic mass is 15.2. The van der Waals surface area contributed by atoms with E-state index < -0.39 is 0 Å². The Morgan fingerprint density at radius 2 is 1.81 bits per heavy atom. The van der Waals surface area contributed by atoms with E-state index in [9.17, 15) is 0 Å². The molecule has 16 heavy (non-hydrogen) atoms. The van der Waals surface area contributed by atoms with Crippen molar-refractivity contribution in [2.24, 2.45) is 11.7 Å². The van der Waals surface area contributed by atoms with E-state index in [1.54, 1.807) is 0 Å². The molecule has 1 aliphatic heterocycles. The number of hydrogen-bond acceptors (Lipinski definition) is 2. The Hall–Kier alpha value is -0.0800. The van der Waals surface area contributed by atoms with Gasteiger partial charge in [-0.05, 0) is 45.2 Å². The SMILES string of the molecule is CCCC1CCN(C(C)(CN)CCC)CC1. The lowest BCUT2D eigenvalue weighted by molar-refractivity contribution is 0.0587. The highest BCUT2D eigenvalue weighted by Crippen LogP contribution is 2.28. The summed E-state index contributed by atoms with van der Waals surface area (Å²) in [6, 6.07) is 0. The number of rotatable bonds is 6. The molecule has 2 heteroatoms. The van der Waals surface area contributed by atoms with Gasteiger partial charge >= 0.3 is 0 Å². The van der Waals surface area contributed by atoms with Crippen LogP contribution in [0.1, 0.15) is 59.3 Å². The third-order valence-corrected chi connectivity index (χ3v) is 4.30. The summed E-state index contributed by atoms with van der Waals surface area (Å²) in [6.07, 6.45) is 8.00. The fourth-order valence-electron chi connectivity index (χ4n) is 3.10. The van der Waals surface area contributed by atoms with Crippen LogP contribution in [0.2, 0.25) is 0 Å². The van der Waals surface area contributed by atoms with E-state index in [1.807, 2.05) is 0 Å². The lowest BCUT2D eigenvalue weighted by Gasteiger charge is -2.44. The van der Waals surface area contributed by atoms with Crippen LogP contribution < -0.4 is 5.73 Å².